The van der Waals surface area contributed by atoms with Crippen LogP contribution in [0.15, 0.2) is 29.2 Å². The van der Waals surface area contributed by atoms with E-state index >= 15 is 0 Å². The van der Waals surface area contributed by atoms with Crippen molar-refractivity contribution < 1.29 is 30.7 Å². The SMILES string of the molecule is CS(=O)(=O)c1cccc(Oc2c(F)c(F)nc(F)c2F)c1. The molecule has 0 aliphatic rings. The van der Waals surface area contributed by atoms with Crippen molar-refractivity contribution in [3.8, 4) is 11.5 Å². The summed E-state index contributed by atoms with van der Waals surface area (Å²) in [5.41, 5.74) is 0. The van der Waals surface area contributed by atoms with Gasteiger partial charge in [0.1, 0.15) is 5.75 Å². The topological polar surface area (TPSA) is 56.3 Å². The number of hydrogen-bond donors (Lipinski definition) is 0. The van der Waals surface area contributed by atoms with Gasteiger partial charge in [-0.2, -0.15) is 22.5 Å². The number of rotatable bonds is 3. The predicted octanol–water partition coefficient (Wildman–Crippen LogP) is 2.83. The number of aromatic nitrogens is 1. The van der Waals surface area contributed by atoms with E-state index in [2.05, 4.69) is 4.98 Å². The molecule has 0 spiro atoms. The predicted molar refractivity (Wildman–Crippen MR) is 63.7 cm³/mol. The molecule has 0 saturated heterocycles. The van der Waals surface area contributed by atoms with Crippen LogP contribution in [0.5, 0.6) is 11.5 Å². The Hall–Kier alpha value is -2.16. The van der Waals surface area contributed by atoms with Crippen LogP contribution in [-0.4, -0.2) is 19.7 Å². The van der Waals surface area contributed by atoms with Crippen molar-refractivity contribution in [2.24, 2.45) is 0 Å². The largest absolute Gasteiger partial charge is 0.451 e. The Morgan fingerprint density at radius 3 is 2.14 bits per heavy atom. The summed E-state index contributed by atoms with van der Waals surface area (Å²) >= 11 is 0. The first-order valence-electron chi connectivity index (χ1n) is 5.38. The molecule has 1 aromatic carbocycles. The van der Waals surface area contributed by atoms with Crippen LogP contribution in [0, 0.1) is 23.5 Å². The summed E-state index contributed by atoms with van der Waals surface area (Å²) in [4.78, 5) is 2.19. The molecule has 0 aliphatic heterocycles. The first kappa shape index (κ1) is 15.2. The first-order chi connectivity index (χ1) is 9.70. The van der Waals surface area contributed by atoms with Crippen LogP contribution < -0.4 is 4.74 Å². The molecule has 0 atom stereocenters. The van der Waals surface area contributed by atoms with Crippen LogP contribution in [0.25, 0.3) is 0 Å². The number of halogens is 4. The van der Waals surface area contributed by atoms with Crippen LogP contribution in [0.3, 0.4) is 0 Å². The standard InChI is InChI=1S/C12H7F4NO3S/c1-21(18,19)7-4-2-3-6(5-7)20-10-8(13)11(15)17-12(16)9(10)14/h2-5H,1H3. The molecular formula is C12H7F4NO3S. The van der Waals surface area contributed by atoms with Gasteiger partial charge in [-0.15, -0.1) is 0 Å². The quantitative estimate of drug-likeness (QED) is 0.644. The zero-order valence-electron chi connectivity index (χ0n) is 10.4. The molecule has 0 bridgehead atoms. The average molecular weight is 321 g/mol. The summed E-state index contributed by atoms with van der Waals surface area (Å²) in [6.07, 6.45) is 0.916. The van der Waals surface area contributed by atoms with Crippen molar-refractivity contribution in [3.63, 3.8) is 0 Å². The van der Waals surface area contributed by atoms with Gasteiger partial charge in [-0.1, -0.05) is 6.07 Å². The van der Waals surface area contributed by atoms with Crippen molar-refractivity contribution in [2.45, 2.75) is 4.90 Å². The molecule has 0 aliphatic carbocycles. The fourth-order valence-corrected chi connectivity index (χ4v) is 2.10. The van der Waals surface area contributed by atoms with Gasteiger partial charge < -0.3 is 4.74 Å². The van der Waals surface area contributed by atoms with Crippen molar-refractivity contribution in [1.29, 1.82) is 0 Å². The molecule has 1 heterocycles. The summed E-state index contributed by atoms with van der Waals surface area (Å²) < 4.78 is 80.0. The maximum Gasteiger partial charge on any atom is 0.255 e. The van der Waals surface area contributed by atoms with E-state index in [1.54, 1.807) is 0 Å². The van der Waals surface area contributed by atoms with E-state index in [1.165, 1.54) is 18.2 Å². The van der Waals surface area contributed by atoms with Gasteiger partial charge in [-0.05, 0) is 18.2 Å². The second kappa shape index (κ2) is 5.32. The number of hydrogen-bond acceptors (Lipinski definition) is 4. The van der Waals surface area contributed by atoms with Gasteiger partial charge in [0.25, 0.3) is 11.9 Å². The molecule has 0 fully saturated rings. The lowest BCUT2D eigenvalue weighted by molar-refractivity contribution is 0.343. The van der Waals surface area contributed by atoms with E-state index in [0.717, 1.165) is 12.3 Å². The zero-order chi connectivity index (χ0) is 15.8. The highest BCUT2D eigenvalue weighted by molar-refractivity contribution is 7.90. The van der Waals surface area contributed by atoms with Crippen LogP contribution >= 0.6 is 0 Å². The number of sulfone groups is 1. The lowest BCUT2D eigenvalue weighted by Crippen LogP contribution is -2.03. The summed E-state index contributed by atoms with van der Waals surface area (Å²) in [5.74, 6) is -9.03. The molecule has 2 aromatic rings. The molecule has 21 heavy (non-hydrogen) atoms. The molecule has 4 nitrogen and oxygen atoms in total. The van der Waals surface area contributed by atoms with Crippen LogP contribution in [0.4, 0.5) is 17.6 Å². The second-order valence-corrected chi connectivity index (χ2v) is 6.02. The molecule has 1 aromatic heterocycles. The second-order valence-electron chi connectivity index (χ2n) is 4.00. The van der Waals surface area contributed by atoms with Gasteiger partial charge in [0, 0.05) is 6.26 Å². The minimum Gasteiger partial charge on any atom is -0.451 e. The third-order valence-corrected chi connectivity index (χ3v) is 3.52. The Bertz CT molecular complexity index is 782. The van der Waals surface area contributed by atoms with E-state index in [9.17, 15) is 26.0 Å². The monoisotopic (exact) mass is 321 g/mol. The first-order valence-corrected chi connectivity index (χ1v) is 7.27. The van der Waals surface area contributed by atoms with Gasteiger partial charge in [0.15, 0.2) is 9.84 Å². The van der Waals surface area contributed by atoms with E-state index in [1.807, 2.05) is 0 Å². The van der Waals surface area contributed by atoms with Crippen molar-refractivity contribution >= 4 is 9.84 Å². The smallest absolute Gasteiger partial charge is 0.255 e. The van der Waals surface area contributed by atoms with E-state index in [4.69, 9.17) is 4.74 Å². The van der Waals surface area contributed by atoms with E-state index < -0.39 is 39.1 Å². The number of benzene rings is 1. The van der Waals surface area contributed by atoms with Gasteiger partial charge >= 0.3 is 0 Å². The van der Waals surface area contributed by atoms with Crippen molar-refractivity contribution in [2.75, 3.05) is 6.26 Å². The number of ether oxygens (including phenoxy) is 1. The maximum atomic E-state index is 13.4. The van der Waals surface area contributed by atoms with Gasteiger partial charge in [-0.3, -0.25) is 0 Å². The summed E-state index contributed by atoms with van der Waals surface area (Å²) in [6.45, 7) is 0. The van der Waals surface area contributed by atoms with Gasteiger partial charge in [0.2, 0.25) is 17.4 Å². The lowest BCUT2D eigenvalue weighted by Gasteiger charge is -2.09. The maximum absolute atomic E-state index is 13.4. The van der Waals surface area contributed by atoms with Crippen LogP contribution in [-0.2, 0) is 9.84 Å². The van der Waals surface area contributed by atoms with E-state index in [-0.39, 0.29) is 10.6 Å². The Kier molecular flexibility index (Phi) is 3.86. The minimum atomic E-state index is -3.58. The molecule has 9 heteroatoms. The summed E-state index contributed by atoms with van der Waals surface area (Å²) in [6, 6.07) is 4.60. The third-order valence-electron chi connectivity index (χ3n) is 2.41. The molecular weight excluding hydrogens is 314 g/mol. The van der Waals surface area contributed by atoms with E-state index in [0.29, 0.717) is 0 Å². The normalized spacial score (nSPS) is 11.5. The van der Waals surface area contributed by atoms with Gasteiger partial charge in [-0.25, -0.2) is 8.42 Å². The van der Waals surface area contributed by atoms with Crippen LogP contribution in [0.2, 0.25) is 0 Å². The summed E-state index contributed by atoms with van der Waals surface area (Å²) in [5, 5.41) is 0. The third kappa shape index (κ3) is 3.13. The average Bonchev–Trinajstić information content (AvgIpc) is 2.41. The number of nitrogens with zero attached hydrogens (tertiary/aromatic N) is 1. The fraction of sp³-hybridized carbons (Fsp3) is 0.0833. The molecule has 0 N–H and O–H groups in total. The molecule has 0 saturated carbocycles. The Labute approximate surface area is 116 Å². The Morgan fingerprint density at radius 1 is 1.05 bits per heavy atom. The lowest BCUT2D eigenvalue weighted by atomic mass is 10.3. The Balaban J connectivity index is 2.49. The van der Waals surface area contributed by atoms with Crippen molar-refractivity contribution in [3.05, 3.63) is 47.8 Å². The highest BCUT2D eigenvalue weighted by atomic mass is 32.2. The molecule has 0 amide bonds. The molecule has 0 unspecified atom stereocenters. The molecule has 112 valence electrons. The molecule has 2 rings (SSSR count). The highest BCUT2D eigenvalue weighted by Crippen LogP contribution is 2.30. The molecule has 0 radical (unpaired) electrons. The summed E-state index contributed by atoms with van der Waals surface area (Å²) in [7, 11) is -3.58. The van der Waals surface area contributed by atoms with Gasteiger partial charge in [0.05, 0.1) is 4.90 Å². The van der Waals surface area contributed by atoms with Crippen molar-refractivity contribution in [1.82, 2.24) is 4.98 Å². The number of pyridine rings is 1. The van der Waals surface area contributed by atoms with Crippen LogP contribution in [0.1, 0.15) is 0 Å². The fourth-order valence-electron chi connectivity index (χ4n) is 1.44. The minimum absolute atomic E-state index is 0.184. The Morgan fingerprint density at radius 2 is 1.62 bits per heavy atom. The highest BCUT2D eigenvalue weighted by Gasteiger charge is 2.23. The zero-order valence-corrected chi connectivity index (χ0v) is 11.2.